The third kappa shape index (κ3) is 4.71. The van der Waals surface area contributed by atoms with Gasteiger partial charge in [0.2, 0.25) is 0 Å². The summed E-state index contributed by atoms with van der Waals surface area (Å²) >= 11 is 3.49. The third-order valence-corrected chi connectivity index (χ3v) is 7.60. The van der Waals surface area contributed by atoms with Crippen molar-refractivity contribution < 1.29 is 19.7 Å². The van der Waals surface area contributed by atoms with Crippen molar-refractivity contribution in [3.05, 3.63) is 34.9 Å². The van der Waals surface area contributed by atoms with Crippen molar-refractivity contribution in [1.29, 1.82) is 0 Å². The van der Waals surface area contributed by atoms with Gasteiger partial charge in [-0.25, -0.2) is 4.79 Å². The number of halogens is 1. The van der Waals surface area contributed by atoms with E-state index in [0.29, 0.717) is 18.4 Å². The highest BCUT2D eigenvalue weighted by Crippen LogP contribution is 2.55. The molecule has 5 heteroatoms. The summed E-state index contributed by atoms with van der Waals surface area (Å²) in [6.45, 7) is 8.60. The largest absolute Gasteiger partial charge is 0.508 e. The highest BCUT2D eigenvalue weighted by atomic mass is 79.9. The Balaban J connectivity index is 1.89. The van der Waals surface area contributed by atoms with E-state index in [9.17, 15) is 15.0 Å². The monoisotopic (exact) mass is 478 g/mol. The Morgan fingerprint density at radius 2 is 1.93 bits per heavy atom. The number of hydrogen-bond acceptors (Lipinski definition) is 3. The normalized spacial score (nSPS) is 22.5. The number of phenols is 1. The summed E-state index contributed by atoms with van der Waals surface area (Å²) in [6.07, 6.45) is 8.77. The molecule has 1 aliphatic heterocycles. The van der Waals surface area contributed by atoms with E-state index in [1.54, 1.807) is 0 Å². The van der Waals surface area contributed by atoms with Crippen LogP contribution in [-0.2, 0) is 10.2 Å². The SMILES string of the molecule is CC(C)(CCCCCCBr)c1cc(O)c2c(c1)OC(C)(C)[C@@H]1CC=C(C(=O)O)CC21. The van der Waals surface area contributed by atoms with Crippen LogP contribution in [0, 0.1) is 5.92 Å². The predicted octanol–water partition coefficient (Wildman–Crippen LogP) is 6.69. The Labute approximate surface area is 188 Å². The molecule has 0 saturated carbocycles. The number of aromatic hydroxyl groups is 1. The summed E-state index contributed by atoms with van der Waals surface area (Å²) in [4.78, 5) is 11.6. The van der Waals surface area contributed by atoms with E-state index < -0.39 is 11.6 Å². The molecule has 0 radical (unpaired) electrons. The van der Waals surface area contributed by atoms with Crippen LogP contribution in [0.25, 0.3) is 0 Å². The average molecular weight is 479 g/mol. The fourth-order valence-corrected chi connectivity index (χ4v) is 5.52. The van der Waals surface area contributed by atoms with E-state index in [-0.39, 0.29) is 23.0 Å². The molecule has 1 unspecified atom stereocenters. The van der Waals surface area contributed by atoms with Gasteiger partial charge in [-0.15, -0.1) is 0 Å². The summed E-state index contributed by atoms with van der Waals surface area (Å²) in [6, 6.07) is 3.97. The maximum Gasteiger partial charge on any atom is 0.331 e. The zero-order valence-electron chi connectivity index (χ0n) is 18.6. The van der Waals surface area contributed by atoms with Gasteiger partial charge >= 0.3 is 5.97 Å². The molecular formula is C25H35BrO4. The van der Waals surface area contributed by atoms with Gasteiger partial charge in [-0.2, -0.15) is 0 Å². The van der Waals surface area contributed by atoms with Crippen LogP contribution < -0.4 is 4.74 Å². The standard InChI is InChI=1S/C25H35BrO4/c1-24(2,11-7-5-6-8-12-26)17-14-20(27)22-18-13-16(23(28)29)9-10-19(18)25(3,4)30-21(22)15-17/h9,14-15,18-19,27H,5-8,10-13H2,1-4H3,(H,28,29)/t18?,19-/m1/s1. The maximum atomic E-state index is 11.6. The Hall–Kier alpha value is -1.49. The van der Waals surface area contributed by atoms with Crippen molar-refractivity contribution >= 4 is 21.9 Å². The van der Waals surface area contributed by atoms with Crippen molar-refractivity contribution in [3.8, 4) is 11.5 Å². The highest BCUT2D eigenvalue weighted by Gasteiger charge is 2.47. The number of allylic oxidation sites excluding steroid dienone is 1. The molecule has 3 rings (SSSR count). The lowest BCUT2D eigenvalue weighted by molar-refractivity contribution is -0.133. The van der Waals surface area contributed by atoms with E-state index >= 15 is 0 Å². The quantitative estimate of drug-likeness (QED) is 0.322. The molecule has 166 valence electrons. The van der Waals surface area contributed by atoms with Gasteiger partial charge in [0.25, 0.3) is 0 Å². The maximum absolute atomic E-state index is 11.6. The minimum Gasteiger partial charge on any atom is -0.508 e. The van der Waals surface area contributed by atoms with E-state index in [1.165, 1.54) is 19.3 Å². The lowest BCUT2D eigenvalue weighted by Crippen LogP contribution is -2.46. The number of carboxylic acids is 1. The molecule has 2 atom stereocenters. The molecule has 1 aromatic carbocycles. The number of fused-ring (bicyclic) bond motifs is 3. The first-order valence-corrected chi connectivity index (χ1v) is 12.2. The molecule has 1 aliphatic carbocycles. The van der Waals surface area contributed by atoms with Crippen molar-refractivity contribution in [2.75, 3.05) is 5.33 Å². The first-order chi connectivity index (χ1) is 14.1. The second kappa shape index (κ2) is 8.94. The number of alkyl halides is 1. The van der Waals surface area contributed by atoms with Crippen molar-refractivity contribution in [2.24, 2.45) is 5.92 Å². The predicted molar refractivity (Wildman–Crippen MR) is 124 cm³/mol. The van der Waals surface area contributed by atoms with Gasteiger partial charge < -0.3 is 14.9 Å². The van der Waals surface area contributed by atoms with Crippen LogP contribution in [-0.4, -0.2) is 27.1 Å². The Morgan fingerprint density at radius 3 is 2.60 bits per heavy atom. The molecule has 0 saturated heterocycles. The van der Waals surface area contributed by atoms with Crippen LogP contribution in [0.3, 0.4) is 0 Å². The van der Waals surface area contributed by atoms with Gasteiger partial charge in [-0.05, 0) is 62.6 Å². The first-order valence-electron chi connectivity index (χ1n) is 11.1. The molecule has 0 amide bonds. The Morgan fingerprint density at radius 1 is 1.23 bits per heavy atom. The number of carbonyl (C=O) groups is 1. The summed E-state index contributed by atoms with van der Waals surface area (Å²) in [5.74, 6) is 0.201. The lowest BCUT2D eigenvalue weighted by atomic mass is 9.66. The summed E-state index contributed by atoms with van der Waals surface area (Å²) in [5.41, 5.74) is 1.82. The molecule has 2 aliphatic rings. The minimum absolute atomic E-state index is 0.0405. The van der Waals surface area contributed by atoms with Crippen LogP contribution >= 0.6 is 15.9 Å². The van der Waals surface area contributed by atoms with Gasteiger partial charge in [-0.3, -0.25) is 0 Å². The van der Waals surface area contributed by atoms with E-state index in [2.05, 4.69) is 49.7 Å². The molecule has 0 bridgehead atoms. The molecule has 1 aromatic rings. The molecule has 2 N–H and O–H groups in total. The van der Waals surface area contributed by atoms with Crippen LogP contribution in [0.15, 0.2) is 23.8 Å². The number of rotatable bonds is 8. The number of aliphatic carboxylic acids is 1. The van der Waals surface area contributed by atoms with Crippen LogP contribution in [0.1, 0.15) is 89.7 Å². The molecule has 30 heavy (non-hydrogen) atoms. The summed E-state index contributed by atoms with van der Waals surface area (Å²) < 4.78 is 6.42. The summed E-state index contributed by atoms with van der Waals surface area (Å²) in [7, 11) is 0. The summed E-state index contributed by atoms with van der Waals surface area (Å²) in [5, 5.41) is 21.6. The lowest BCUT2D eigenvalue weighted by Gasteiger charge is -2.47. The van der Waals surface area contributed by atoms with E-state index in [0.717, 1.165) is 35.0 Å². The molecule has 1 heterocycles. The number of phenolic OH excluding ortho intramolecular Hbond substituents is 1. The van der Waals surface area contributed by atoms with Crippen molar-refractivity contribution in [2.45, 2.75) is 89.6 Å². The smallest absolute Gasteiger partial charge is 0.331 e. The molecule has 0 fully saturated rings. The zero-order valence-corrected chi connectivity index (χ0v) is 20.2. The van der Waals surface area contributed by atoms with Crippen molar-refractivity contribution in [3.63, 3.8) is 0 Å². The molecule has 0 spiro atoms. The number of carboxylic acid groups (broad SMARTS) is 1. The fraction of sp³-hybridized carbons (Fsp3) is 0.640. The van der Waals surface area contributed by atoms with Crippen molar-refractivity contribution in [1.82, 2.24) is 0 Å². The highest BCUT2D eigenvalue weighted by molar-refractivity contribution is 9.09. The second-order valence-corrected chi connectivity index (χ2v) is 10.8. The van der Waals surface area contributed by atoms with Gasteiger partial charge in [0, 0.05) is 28.3 Å². The number of unbranched alkanes of at least 4 members (excludes halogenated alkanes) is 3. The van der Waals surface area contributed by atoms with Crippen LogP contribution in [0.4, 0.5) is 0 Å². The number of benzene rings is 1. The number of ether oxygens (including phenoxy) is 1. The minimum atomic E-state index is -0.864. The van der Waals surface area contributed by atoms with Gasteiger partial charge in [0.05, 0.1) is 0 Å². The average Bonchev–Trinajstić information content (AvgIpc) is 2.66. The Bertz CT molecular complexity index is 825. The van der Waals surface area contributed by atoms with Gasteiger partial charge in [0.15, 0.2) is 0 Å². The zero-order chi connectivity index (χ0) is 22.1. The second-order valence-electron chi connectivity index (χ2n) is 10.0. The van der Waals surface area contributed by atoms with Crippen LogP contribution in [0.5, 0.6) is 11.5 Å². The first kappa shape index (κ1) is 23.2. The van der Waals surface area contributed by atoms with Gasteiger partial charge in [0.1, 0.15) is 17.1 Å². The van der Waals surface area contributed by atoms with E-state index in [4.69, 9.17) is 4.74 Å². The Kier molecular flexibility index (Phi) is 6.91. The van der Waals surface area contributed by atoms with E-state index in [1.807, 2.05) is 12.1 Å². The number of hydrogen-bond donors (Lipinski definition) is 2. The topological polar surface area (TPSA) is 66.8 Å². The molecule has 4 nitrogen and oxygen atoms in total. The molecule has 0 aromatic heterocycles. The fourth-order valence-electron chi connectivity index (χ4n) is 5.12. The van der Waals surface area contributed by atoms with Crippen LogP contribution in [0.2, 0.25) is 0 Å². The third-order valence-electron chi connectivity index (χ3n) is 7.04. The van der Waals surface area contributed by atoms with Gasteiger partial charge in [-0.1, -0.05) is 55.1 Å². The molecular weight excluding hydrogens is 444 g/mol.